The molecule has 0 spiro atoms. The molecule has 2 unspecified atom stereocenters. The zero-order chi connectivity index (χ0) is 10.2. The van der Waals surface area contributed by atoms with E-state index in [4.69, 9.17) is 21.4 Å². The summed E-state index contributed by atoms with van der Waals surface area (Å²) in [5.41, 5.74) is -1.37. The fourth-order valence-corrected chi connectivity index (χ4v) is 1.43. The van der Waals surface area contributed by atoms with Crippen molar-refractivity contribution in [1.29, 1.82) is 0 Å². The Kier molecular flexibility index (Phi) is 2.82. The number of rotatable bonds is 3. The van der Waals surface area contributed by atoms with Crippen molar-refractivity contribution < 1.29 is 19.0 Å². The molecule has 76 valence electrons. The number of carboxylic acids is 1. The molecule has 0 aromatic heterocycles. The minimum Gasteiger partial charge on any atom is -0.479 e. The number of carboxylic acid groups (broad SMARTS) is 1. The van der Waals surface area contributed by atoms with Crippen LogP contribution in [0.3, 0.4) is 0 Å². The molecule has 1 N–H and O–H groups in total. The molecule has 1 saturated carbocycles. The minimum absolute atomic E-state index is 0.238. The van der Waals surface area contributed by atoms with Gasteiger partial charge < -0.3 is 9.84 Å². The van der Waals surface area contributed by atoms with Crippen LogP contribution in [-0.4, -0.2) is 34.3 Å². The average molecular weight is 211 g/mol. The fourth-order valence-electron chi connectivity index (χ4n) is 1.05. The molecule has 1 fully saturated rings. The van der Waals surface area contributed by atoms with Crippen molar-refractivity contribution in [3.63, 3.8) is 0 Å². The molecule has 0 aromatic rings. The third kappa shape index (κ3) is 2.11. The largest absolute Gasteiger partial charge is 0.479 e. The normalized spacial score (nSPS) is 34.0. The second-order valence-electron chi connectivity index (χ2n) is 3.67. The lowest BCUT2D eigenvalue weighted by atomic mass is 9.91. The maximum absolute atomic E-state index is 12.8. The Morgan fingerprint density at radius 2 is 2.23 bits per heavy atom. The number of ether oxygens (including phenoxy) is 1. The van der Waals surface area contributed by atoms with E-state index in [2.05, 4.69) is 0 Å². The van der Waals surface area contributed by atoms with E-state index in [1.807, 2.05) is 0 Å². The van der Waals surface area contributed by atoms with Crippen LogP contribution in [0.1, 0.15) is 20.3 Å². The predicted molar refractivity (Wildman–Crippen MR) is 45.7 cm³/mol. The summed E-state index contributed by atoms with van der Waals surface area (Å²) < 4.78 is 17.9. The first-order valence-electron chi connectivity index (χ1n) is 4.04. The Bertz CT molecular complexity index is 211. The molecular weight excluding hydrogens is 199 g/mol. The zero-order valence-electron chi connectivity index (χ0n) is 7.46. The van der Waals surface area contributed by atoms with Crippen LogP contribution in [0.4, 0.5) is 4.39 Å². The predicted octanol–water partition coefficient (Wildman–Crippen LogP) is 1.58. The van der Waals surface area contributed by atoms with Gasteiger partial charge in [-0.05, 0) is 13.8 Å². The van der Waals surface area contributed by atoms with E-state index in [1.54, 1.807) is 0 Å². The molecule has 3 atom stereocenters. The highest BCUT2D eigenvalue weighted by Crippen LogP contribution is 2.34. The van der Waals surface area contributed by atoms with Gasteiger partial charge in [0.2, 0.25) is 0 Å². The van der Waals surface area contributed by atoms with Gasteiger partial charge in [-0.3, -0.25) is 0 Å². The van der Waals surface area contributed by atoms with E-state index in [1.165, 1.54) is 13.8 Å². The van der Waals surface area contributed by atoms with Crippen molar-refractivity contribution in [2.24, 2.45) is 0 Å². The quantitative estimate of drug-likeness (QED) is 0.720. The van der Waals surface area contributed by atoms with Gasteiger partial charge in [0.15, 0.2) is 5.60 Å². The molecule has 1 rings (SSSR count). The summed E-state index contributed by atoms with van der Waals surface area (Å²) in [5, 5.41) is 8.28. The van der Waals surface area contributed by atoms with Crippen LogP contribution in [0.2, 0.25) is 0 Å². The molecule has 13 heavy (non-hydrogen) atoms. The van der Waals surface area contributed by atoms with Gasteiger partial charge in [-0.2, -0.15) is 0 Å². The smallest absolute Gasteiger partial charge is 0.335 e. The Hall–Kier alpha value is -0.350. The molecule has 5 heteroatoms. The highest BCUT2D eigenvalue weighted by molar-refractivity contribution is 6.21. The van der Waals surface area contributed by atoms with Gasteiger partial charge in [0.25, 0.3) is 0 Å². The lowest BCUT2D eigenvalue weighted by Gasteiger charge is -2.39. The standard InChI is InChI=1S/C8H12ClFO3/c1-8(2,7(11)12)13-6-4(9)3-5(6)10/h4-6H,3H2,1-2H3,(H,11,12)/t4?,5?,6-/m1/s1. The van der Waals surface area contributed by atoms with Crippen molar-refractivity contribution in [2.45, 2.75) is 43.5 Å². The number of alkyl halides is 2. The number of carbonyl (C=O) groups is 1. The molecule has 0 heterocycles. The summed E-state index contributed by atoms with van der Waals surface area (Å²) in [6.07, 6.45) is -1.68. The minimum atomic E-state index is -1.37. The monoisotopic (exact) mass is 210 g/mol. The van der Waals surface area contributed by atoms with E-state index in [-0.39, 0.29) is 6.42 Å². The molecular formula is C8H12ClFO3. The molecule has 0 bridgehead atoms. The molecule has 0 radical (unpaired) electrons. The first kappa shape index (κ1) is 10.7. The van der Waals surface area contributed by atoms with Crippen molar-refractivity contribution in [2.75, 3.05) is 0 Å². The third-order valence-electron chi connectivity index (χ3n) is 2.11. The summed E-state index contributed by atoms with van der Waals surface area (Å²) in [6, 6.07) is 0. The molecule has 3 nitrogen and oxygen atoms in total. The molecule has 0 amide bonds. The van der Waals surface area contributed by atoms with Crippen molar-refractivity contribution >= 4 is 17.6 Å². The summed E-state index contributed by atoms with van der Waals surface area (Å²) in [4.78, 5) is 10.6. The number of halogens is 2. The Labute approximate surface area is 80.8 Å². The number of hydrogen-bond acceptors (Lipinski definition) is 2. The first-order valence-corrected chi connectivity index (χ1v) is 4.47. The summed E-state index contributed by atoms with van der Waals surface area (Å²) in [5.74, 6) is -1.12. The second-order valence-corrected chi connectivity index (χ2v) is 4.23. The molecule has 0 aliphatic heterocycles. The van der Waals surface area contributed by atoms with Gasteiger partial charge in [0.05, 0.1) is 5.38 Å². The van der Waals surface area contributed by atoms with Gasteiger partial charge in [-0.25, -0.2) is 9.18 Å². The molecule has 0 saturated heterocycles. The van der Waals surface area contributed by atoms with Crippen molar-refractivity contribution in [3.8, 4) is 0 Å². The van der Waals surface area contributed by atoms with Gasteiger partial charge in [0.1, 0.15) is 12.3 Å². The van der Waals surface area contributed by atoms with E-state index in [0.717, 1.165) is 0 Å². The molecule has 1 aliphatic rings. The molecule has 1 aliphatic carbocycles. The highest BCUT2D eigenvalue weighted by Gasteiger charge is 2.46. The van der Waals surface area contributed by atoms with Crippen LogP contribution in [0, 0.1) is 0 Å². The van der Waals surface area contributed by atoms with Crippen LogP contribution in [0.15, 0.2) is 0 Å². The Morgan fingerprint density at radius 3 is 2.54 bits per heavy atom. The van der Waals surface area contributed by atoms with E-state index < -0.39 is 29.2 Å². The van der Waals surface area contributed by atoms with Crippen molar-refractivity contribution in [3.05, 3.63) is 0 Å². The average Bonchev–Trinajstić information content (AvgIpc) is 2.01. The van der Waals surface area contributed by atoms with E-state index >= 15 is 0 Å². The molecule has 0 aromatic carbocycles. The summed E-state index contributed by atoms with van der Waals surface area (Å²) in [6.45, 7) is 2.76. The fraction of sp³-hybridized carbons (Fsp3) is 0.875. The van der Waals surface area contributed by atoms with Crippen LogP contribution >= 0.6 is 11.6 Å². The third-order valence-corrected chi connectivity index (χ3v) is 2.54. The lowest BCUT2D eigenvalue weighted by Crippen LogP contribution is -2.52. The van der Waals surface area contributed by atoms with Crippen molar-refractivity contribution in [1.82, 2.24) is 0 Å². The van der Waals surface area contributed by atoms with Gasteiger partial charge in [-0.1, -0.05) is 0 Å². The lowest BCUT2D eigenvalue weighted by molar-refractivity contribution is -0.181. The zero-order valence-corrected chi connectivity index (χ0v) is 8.21. The van der Waals surface area contributed by atoms with Gasteiger partial charge >= 0.3 is 5.97 Å². The number of aliphatic carboxylic acids is 1. The Morgan fingerprint density at radius 1 is 1.69 bits per heavy atom. The van der Waals surface area contributed by atoms with E-state index in [9.17, 15) is 9.18 Å². The topological polar surface area (TPSA) is 46.5 Å². The van der Waals surface area contributed by atoms with Crippen LogP contribution in [-0.2, 0) is 9.53 Å². The Balaban J connectivity index is 2.52. The maximum Gasteiger partial charge on any atom is 0.335 e. The maximum atomic E-state index is 12.8. The van der Waals surface area contributed by atoms with E-state index in [0.29, 0.717) is 0 Å². The second kappa shape index (κ2) is 3.42. The van der Waals surface area contributed by atoms with Crippen LogP contribution in [0.5, 0.6) is 0 Å². The van der Waals surface area contributed by atoms with Gasteiger partial charge in [0, 0.05) is 6.42 Å². The SMILES string of the molecule is CC(C)(O[C@H]1C(F)CC1Cl)C(=O)O. The number of hydrogen-bond donors (Lipinski definition) is 1. The first-order chi connectivity index (χ1) is 5.84. The van der Waals surface area contributed by atoms with Crippen LogP contribution < -0.4 is 0 Å². The van der Waals surface area contributed by atoms with Gasteiger partial charge in [-0.15, -0.1) is 11.6 Å². The van der Waals surface area contributed by atoms with Crippen LogP contribution in [0.25, 0.3) is 0 Å². The highest BCUT2D eigenvalue weighted by atomic mass is 35.5. The summed E-state index contributed by atoms with van der Waals surface area (Å²) in [7, 11) is 0. The summed E-state index contributed by atoms with van der Waals surface area (Å²) >= 11 is 5.66.